The zero-order valence-electron chi connectivity index (χ0n) is 18.6. The van der Waals surface area contributed by atoms with Gasteiger partial charge in [0.25, 0.3) is 11.8 Å². The second kappa shape index (κ2) is 8.95. The van der Waals surface area contributed by atoms with E-state index in [0.29, 0.717) is 52.4 Å². The Morgan fingerprint density at radius 2 is 1.91 bits per heavy atom. The number of hydrogen-bond donors (Lipinski definition) is 2. The van der Waals surface area contributed by atoms with Gasteiger partial charge in [0, 0.05) is 16.5 Å². The maximum Gasteiger partial charge on any atom is 0.278 e. The van der Waals surface area contributed by atoms with Crippen LogP contribution in [0.4, 0.5) is 5.00 Å². The van der Waals surface area contributed by atoms with Crippen molar-refractivity contribution < 1.29 is 28.0 Å². The van der Waals surface area contributed by atoms with Gasteiger partial charge in [-0.25, -0.2) is 0 Å². The molecule has 10 heteroatoms. The molecule has 9 nitrogen and oxygen atoms in total. The van der Waals surface area contributed by atoms with Gasteiger partial charge >= 0.3 is 0 Å². The summed E-state index contributed by atoms with van der Waals surface area (Å²) in [6.45, 7) is 1.25. The monoisotopic (exact) mass is 491 g/mol. The lowest BCUT2D eigenvalue weighted by Gasteiger charge is -2.18. The Labute approximate surface area is 204 Å². The number of hydrogen-bond acceptors (Lipinski definition) is 8. The van der Waals surface area contributed by atoms with Crippen molar-refractivity contribution in [3.63, 3.8) is 0 Å². The number of nitrogens with zero attached hydrogens (tertiary/aromatic N) is 1. The zero-order valence-corrected chi connectivity index (χ0v) is 19.4. The van der Waals surface area contributed by atoms with Crippen molar-refractivity contribution in [3.05, 3.63) is 70.1 Å². The molecule has 0 saturated heterocycles. The van der Waals surface area contributed by atoms with E-state index >= 15 is 0 Å². The fourth-order valence-electron chi connectivity index (χ4n) is 4.28. The van der Waals surface area contributed by atoms with Crippen molar-refractivity contribution in [2.75, 3.05) is 18.5 Å². The third-order valence-corrected chi connectivity index (χ3v) is 7.16. The number of thiophene rings is 1. The highest BCUT2D eigenvalue weighted by molar-refractivity contribution is 7.17. The van der Waals surface area contributed by atoms with Gasteiger partial charge in [0.1, 0.15) is 24.0 Å². The summed E-state index contributed by atoms with van der Waals surface area (Å²) in [5.74, 6) is 1.68. The Morgan fingerprint density at radius 1 is 1.03 bits per heavy atom. The number of aromatic nitrogens is 1. The number of anilines is 1. The van der Waals surface area contributed by atoms with Crippen molar-refractivity contribution in [3.8, 4) is 22.8 Å². The molecular formula is C25H21N3O6S. The van der Waals surface area contributed by atoms with Gasteiger partial charge in [-0.1, -0.05) is 5.16 Å². The summed E-state index contributed by atoms with van der Waals surface area (Å²) >= 11 is 1.44. The average molecular weight is 492 g/mol. The first kappa shape index (κ1) is 21.5. The van der Waals surface area contributed by atoms with Gasteiger partial charge in [0.05, 0.1) is 18.4 Å². The Kier molecular flexibility index (Phi) is 5.49. The van der Waals surface area contributed by atoms with E-state index in [9.17, 15) is 9.59 Å². The molecule has 1 aliphatic carbocycles. The predicted octanol–water partition coefficient (Wildman–Crippen LogP) is 4.44. The van der Waals surface area contributed by atoms with Gasteiger partial charge in [-0.3, -0.25) is 9.59 Å². The summed E-state index contributed by atoms with van der Waals surface area (Å²) in [7, 11) is 0. The van der Waals surface area contributed by atoms with Crippen LogP contribution in [0.15, 0.2) is 51.6 Å². The number of aryl methyl sites for hydroxylation is 1. The molecular weight excluding hydrogens is 470 g/mol. The third kappa shape index (κ3) is 4.17. The lowest BCUT2D eigenvalue weighted by atomic mass is 10.1. The van der Waals surface area contributed by atoms with Crippen LogP contribution in [0.25, 0.3) is 11.3 Å². The Bertz CT molecular complexity index is 1400. The number of ether oxygens (including phenoxy) is 2. The van der Waals surface area contributed by atoms with Crippen LogP contribution >= 0.6 is 11.3 Å². The van der Waals surface area contributed by atoms with E-state index in [1.54, 1.807) is 36.6 Å². The summed E-state index contributed by atoms with van der Waals surface area (Å²) in [5.41, 5.74) is 2.34. The summed E-state index contributed by atoms with van der Waals surface area (Å²) in [5, 5.41) is 10.2. The fourth-order valence-corrected chi connectivity index (χ4v) is 5.57. The molecule has 4 heterocycles. The molecule has 2 amide bonds. The van der Waals surface area contributed by atoms with E-state index in [-0.39, 0.29) is 18.1 Å². The third-order valence-electron chi connectivity index (χ3n) is 5.95. The summed E-state index contributed by atoms with van der Waals surface area (Å²) < 4.78 is 21.9. The summed E-state index contributed by atoms with van der Waals surface area (Å²) in [6, 6.07) is 10.5. The molecule has 0 unspecified atom stereocenters. The van der Waals surface area contributed by atoms with Crippen molar-refractivity contribution in [2.24, 2.45) is 0 Å². The van der Waals surface area contributed by atoms with Crippen LogP contribution in [0.2, 0.25) is 0 Å². The Balaban J connectivity index is 1.21. The molecule has 35 heavy (non-hydrogen) atoms. The highest BCUT2D eigenvalue weighted by atomic mass is 32.1. The lowest BCUT2D eigenvalue weighted by Crippen LogP contribution is -2.25. The van der Waals surface area contributed by atoms with Crippen LogP contribution in [0.5, 0.6) is 11.5 Å². The molecule has 2 N–H and O–H groups in total. The number of nitrogens with one attached hydrogen (secondary N) is 2. The van der Waals surface area contributed by atoms with Crippen molar-refractivity contribution >= 4 is 28.2 Å². The van der Waals surface area contributed by atoms with Crippen LogP contribution in [0.3, 0.4) is 0 Å². The van der Waals surface area contributed by atoms with Gasteiger partial charge in [-0.2, -0.15) is 0 Å². The van der Waals surface area contributed by atoms with E-state index in [2.05, 4.69) is 15.8 Å². The Hall–Kier alpha value is -4.05. The second-order valence-electron chi connectivity index (χ2n) is 8.21. The molecule has 0 bridgehead atoms. The first-order valence-electron chi connectivity index (χ1n) is 11.3. The molecule has 0 radical (unpaired) electrons. The van der Waals surface area contributed by atoms with Gasteiger partial charge in [-0.15, -0.1) is 11.3 Å². The SMILES string of the molecule is O=C(Nc1sc2c(c1C(=O)NCc1ccco1)CCC2)c1cc(-c2ccc3c(c2)OCCO3)on1. The minimum atomic E-state index is -0.447. The first-order chi connectivity index (χ1) is 17.2. The van der Waals surface area contributed by atoms with Gasteiger partial charge < -0.3 is 29.0 Å². The molecule has 0 atom stereocenters. The van der Waals surface area contributed by atoms with E-state index in [1.807, 2.05) is 6.07 Å². The number of rotatable bonds is 6. The van der Waals surface area contributed by atoms with Gasteiger partial charge in [0.2, 0.25) is 0 Å². The number of furan rings is 1. The average Bonchev–Trinajstić information content (AvgIpc) is 3.67. The standard InChI is InChI=1S/C25H21N3O6S/c29-23(17-12-19(34-28-17)14-6-7-18-20(11-14)33-10-9-32-18)27-25-22(16-4-1-5-21(16)35-25)24(30)26-13-15-3-2-8-31-15/h2-3,6-8,11-12H,1,4-5,9-10,13H2,(H,26,30)(H,27,29). The molecule has 1 aromatic carbocycles. The molecule has 178 valence electrons. The van der Waals surface area contributed by atoms with E-state index < -0.39 is 5.91 Å². The molecule has 3 aromatic heterocycles. The number of carbonyl (C=O) groups excluding carboxylic acids is 2. The minimum absolute atomic E-state index is 0.116. The smallest absolute Gasteiger partial charge is 0.278 e. The topological polar surface area (TPSA) is 116 Å². The molecule has 0 saturated carbocycles. The number of amides is 2. The normalized spacial score (nSPS) is 13.9. The van der Waals surface area contributed by atoms with Gasteiger partial charge in [0.15, 0.2) is 23.0 Å². The van der Waals surface area contributed by atoms with Crippen LogP contribution in [0, 0.1) is 0 Å². The van der Waals surface area contributed by atoms with E-state index in [4.69, 9.17) is 18.4 Å². The quantitative estimate of drug-likeness (QED) is 0.410. The van der Waals surface area contributed by atoms with Crippen LogP contribution in [-0.4, -0.2) is 30.2 Å². The predicted molar refractivity (Wildman–Crippen MR) is 127 cm³/mol. The van der Waals surface area contributed by atoms with Crippen molar-refractivity contribution in [1.29, 1.82) is 0 Å². The highest BCUT2D eigenvalue weighted by Gasteiger charge is 2.28. The number of fused-ring (bicyclic) bond motifs is 2. The molecule has 1 aliphatic heterocycles. The molecule has 0 spiro atoms. The number of benzene rings is 1. The van der Waals surface area contributed by atoms with E-state index in [0.717, 1.165) is 29.7 Å². The van der Waals surface area contributed by atoms with Crippen LogP contribution in [0.1, 0.15) is 43.5 Å². The molecule has 2 aliphatic rings. The van der Waals surface area contributed by atoms with Crippen LogP contribution < -0.4 is 20.1 Å². The molecule has 4 aromatic rings. The van der Waals surface area contributed by atoms with Crippen molar-refractivity contribution in [1.82, 2.24) is 10.5 Å². The summed E-state index contributed by atoms with van der Waals surface area (Å²) in [4.78, 5) is 27.2. The maximum atomic E-state index is 13.1. The largest absolute Gasteiger partial charge is 0.486 e. The minimum Gasteiger partial charge on any atom is -0.486 e. The number of carbonyl (C=O) groups is 2. The maximum absolute atomic E-state index is 13.1. The fraction of sp³-hybridized carbons (Fsp3) is 0.240. The molecule has 6 rings (SSSR count). The summed E-state index contributed by atoms with van der Waals surface area (Å²) in [6.07, 6.45) is 4.26. The van der Waals surface area contributed by atoms with Gasteiger partial charge in [-0.05, 0) is 55.2 Å². The molecule has 0 fully saturated rings. The zero-order chi connectivity index (χ0) is 23.8. The highest BCUT2D eigenvalue weighted by Crippen LogP contribution is 2.39. The first-order valence-corrected chi connectivity index (χ1v) is 12.1. The second-order valence-corrected chi connectivity index (χ2v) is 9.32. The van der Waals surface area contributed by atoms with E-state index in [1.165, 1.54) is 11.3 Å². The van der Waals surface area contributed by atoms with Crippen molar-refractivity contribution in [2.45, 2.75) is 25.8 Å². The van der Waals surface area contributed by atoms with Crippen LogP contribution in [-0.2, 0) is 19.4 Å². The Morgan fingerprint density at radius 3 is 2.77 bits per heavy atom. The lowest BCUT2D eigenvalue weighted by molar-refractivity contribution is 0.0948.